The first-order valence-electron chi connectivity index (χ1n) is 8.85. The maximum atomic E-state index is 12.3. The molecule has 2 aromatic carbocycles. The van der Waals surface area contributed by atoms with Crippen LogP contribution in [0.3, 0.4) is 0 Å². The maximum absolute atomic E-state index is 12.3. The average molecular weight is 437 g/mol. The number of fused-ring (bicyclic) bond motifs is 1. The number of hydrogen-bond donors (Lipinski definition) is 2. The Hall–Kier alpha value is -2.61. The second kappa shape index (κ2) is 9.26. The van der Waals surface area contributed by atoms with Crippen LogP contribution in [0.15, 0.2) is 42.5 Å². The Kier molecular flexibility index (Phi) is 6.74. The van der Waals surface area contributed by atoms with Gasteiger partial charge in [0.25, 0.3) is 11.8 Å². The van der Waals surface area contributed by atoms with Crippen molar-refractivity contribution in [3.63, 3.8) is 0 Å². The number of nitrogens with zero attached hydrogens (tertiary/aromatic N) is 1. The number of carbonyl (C=O) groups is 3. The number of nitrogens with one attached hydrogen (secondary N) is 1. The highest BCUT2D eigenvalue weighted by Gasteiger charge is 2.34. The van der Waals surface area contributed by atoms with Crippen LogP contribution in [0.1, 0.15) is 27.1 Å². The van der Waals surface area contributed by atoms with Gasteiger partial charge in [0.2, 0.25) is 5.91 Å². The third-order valence-electron chi connectivity index (χ3n) is 4.32. The molecule has 0 aliphatic carbocycles. The van der Waals surface area contributed by atoms with Crippen LogP contribution in [0.5, 0.6) is 5.75 Å². The highest BCUT2D eigenvalue weighted by molar-refractivity contribution is 6.42. The number of aliphatic hydroxyl groups excluding tert-OH is 1. The Bertz CT molecular complexity index is 915. The first-order valence-corrected chi connectivity index (χ1v) is 9.61. The number of carbonyl (C=O) groups excluding carboxylic acids is 3. The molecule has 2 aromatic rings. The molecule has 0 spiro atoms. The van der Waals surface area contributed by atoms with E-state index in [0.29, 0.717) is 21.9 Å². The van der Waals surface area contributed by atoms with Crippen molar-refractivity contribution < 1.29 is 24.2 Å². The lowest BCUT2D eigenvalue weighted by Crippen LogP contribution is -2.38. The summed E-state index contributed by atoms with van der Waals surface area (Å²) in [6, 6.07) is 11.4. The molecular formula is C20H18Cl2N2O5. The smallest absolute Gasteiger partial charge is 0.261 e. The van der Waals surface area contributed by atoms with Gasteiger partial charge in [-0.05, 0) is 24.3 Å². The summed E-state index contributed by atoms with van der Waals surface area (Å²) in [5.41, 5.74) is 0.676. The largest absolute Gasteiger partial charge is 0.489 e. The summed E-state index contributed by atoms with van der Waals surface area (Å²) in [5, 5.41) is 13.1. The lowest BCUT2D eigenvalue weighted by molar-refractivity contribution is -0.121. The van der Waals surface area contributed by atoms with Crippen LogP contribution in [0.2, 0.25) is 10.0 Å². The fraction of sp³-hybridized carbons (Fsp3) is 0.250. The van der Waals surface area contributed by atoms with E-state index >= 15 is 0 Å². The fourth-order valence-electron chi connectivity index (χ4n) is 2.82. The molecule has 3 rings (SSSR count). The van der Waals surface area contributed by atoms with Crippen LogP contribution in [-0.4, -0.2) is 53.5 Å². The molecular weight excluding hydrogens is 419 g/mol. The first-order chi connectivity index (χ1) is 13.9. The summed E-state index contributed by atoms with van der Waals surface area (Å²) in [4.78, 5) is 37.6. The molecule has 0 aromatic heterocycles. The highest BCUT2D eigenvalue weighted by Crippen LogP contribution is 2.31. The van der Waals surface area contributed by atoms with Gasteiger partial charge in [-0.1, -0.05) is 41.4 Å². The van der Waals surface area contributed by atoms with E-state index < -0.39 is 23.8 Å². The molecule has 0 bridgehead atoms. The monoisotopic (exact) mass is 436 g/mol. The van der Waals surface area contributed by atoms with E-state index in [-0.39, 0.29) is 31.1 Å². The lowest BCUT2D eigenvalue weighted by atomic mass is 10.1. The number of imide groups is 1. The number of amides is 3. The Morgan fingerprint density at radius 3 is 2.38 bits per heavy atom. The molecule has 1 aliphatic heterocycles. The van der Waals surface area contributed by atoms with Crippen LogP contribution in [0.4, 0.5) is 0 Å². The number of benzene rings is 2. The standard InChI is InChI=1S/C20H18Cl2N2O5/c21-15-6-3-7-16(18(15)22)29-11-12(25)10-23-17(26)8-9-24-19(27)13-4-1-2-5-14(13)20(24)28/h1-7,12,25H,8-11H2,(H,23,26). The van der Waals surface area contributed by atoms with Crippen molar-refractivity contribution in [1.29, 1.82) is 0 Å². The van der Waals surface area contributed by atoms with Gasteiger partial charge in [-0.25, -0.2) is 0 Å². The fourth-order valence-corrected chi connectivity index (χ4v) is 3.16. The third-order valence-corrected chi connectivity index (χ3v) is 5.12. The Morgan fingerprint density at radius 2 is 1.72 bits per heavy atom. The van der Waals surface area contributed by atoms with E-state index in [1.807, 2.05) is 0 Å². The van der Waals surface area contributed by atoms with E-state index in [9.17, 15) is 19.5 Å². The predicted octanol–water partition coefficient (Wildman–Crippen LogP) is 2.54. The van der Waals surface area contributed by atoms with Gasteiger partial charge < -0.3 is 15.2 Å². The van der Waals surface area contributed by atoms with Gasteiger partial charge in [0.15, 0.2) is 0 Å². The molecule has 3 amide bonds. The van der Waals surface area contributed by atoms with Gasteiger partial charge in [-0.2, -0.15) is 0 Å². The van der Waals surface area contributed by atoms with Gasteiger partial charge in [0.05, 0.1) is 16.1 Å². The zero-order valence-corrected chi connectivity index (χ0v) is 16.7. The number of halogens is 2. The van der Waals surface area contributed by atoms with Crippen molar-refractivity contribution in [3.05, 3.63) is 63.6 Å². The van der Waals surface area contributed by atoms with Crippen molar-refractivity contribution in [2.24, 2.45) is 0 Å². The molecule has 9 heteroatoms. The topological polar surface area (TPSA) is 95.9 Å². The van der Waals surface area contributed by atoms with Crippen molar-refractivity contribution >= 4 is 40.9 Å². The van der Waals surface area contributed by atoms with Crippen molar-refractivity contribution in [1.82, 2.24) is 10.2 Å². The molecule has 2 N–H and O–H groups in total. The minimum absolute atomic E-state index is 0.0388. The molecule has 0 saturated heterocycles. The zero-order chi connectivity index (χ0) is 21.0. The molecule has 1 unspecified atom stereocenters. The molecule has 1 atom stereocenters. The molecule has 1 heterocycles. The van der Waals surface area contributed by atoms with Crippen LogP contribution < -0.4 is 10.1 Å². The Labute approximate surface area is 177 Å². The molecule has 0 saturated carbocycles. The Morgan fingerprint density at radius 1 is 1.07 bits per heavy atom. The quantitative estimate of drug-likeness (QED) is 0.619. The van der Waals surface area contributed by atoms with E-state index in [1.165, 1.54) is 0 Å². The maximum Gasteiger partial charge on any atom is 0.261 e. The first kappa shape index (κ1) is 21.1. The zero-order valence-electron chi connectivity index (χ0n) is 15.2. The summed E-state index contributed by atoms with van der Waals surface area (Å²) >= 11 is 11.9. The van der Waals surface area contributed by atoms with Crippen molar-refractivity contribution in [2.75, 3.05) is 19.7 Å². The van der Waals surface area contributed by atoms with Gasteiger partial charge in [0.1, 0.15) is 23.5 Å². The minimum atomic E-state index is -0.978. The predicted molar refractivity (Wildman–Crippen MR) is 107 cm³/mol. The van der Waals surface area contributed by atoms with Gasteiger partial charge in [-0.15, -0.1) is 0 Å². The normalized spacial score (nSPS) is 14.0. The van der Waals surface area contributed by atoms with Crippen LogP contribution in [0.25, 0.3) is 0 Å². The molecule has 0 fully saturated rings. The third kappa shape index (κ3) is 4.87. The number of rotatable bonds is 8. The van der Waals surface area contributed by atoms with Crippen molar-refractivity contribution in [2.45, 2.75) is 12.5 Å². The second-order valence-electron chi connectivity index (χ2n) is 6.38. The van der Waals surface area contributed by atoms with Gasteiger partial charge in [-0.3, -0.25) is 19.3 Å². The average Bonchev–Trinajstić information content (AvgIpc) is 2.96. The van der Waals surface area contributed by atoms with Crippen LogP contribution in [0, 0.1) is 0 Å². The van der Waals surface area contributed by atoms with Crippen LogP contribution >= 0.6 is 23.2 Å². The van der Waals surface area contributed by atoms with Gasteiger partial charge in [0, 0.05) is 19.5 Å². The van der Waals surface area contributed by atoms with Crippen LogP contribution in [-0.2, 0) is 4.79 Å². The summed E-state index contributed by atoms with van der Waals surface area (Å²) in [6.07, 6.45) is -1.05. The summed E-state index contributed by atoms with van der Waals surface area (Å²) < 4.78 is 5.40. The lowest BCUT2D eigenvalue weighted by Gasteiger charge is -2.16. The molecule has 0 radical (unpaired) electrons. The van der Waals surface area contributed by atoms with E-state index in [1.54, 1.807) is 42.5 Å². The Balaban J connectivity index is 1.42. The van der Waals surface area contributed by atoms with E-state index in [4.69, 9.17) is 27.9 Å². The van der Waals surface area contributed by atoms with E-state index in [2.05, 4.69) is 5.32 Å². The molecule has 29 heavy (non-hydrogen) atoms. The SMILES string of the molecule is O=C(CCN1C(=O)c2ccccc2C1=O)NCC(O)COc1cccc(Cl)c1Cl. The summed E-state index contributed by atoms with van der Waals surface area (Å²) in [5.74, 6) is -0.896. The highest BCUT2D eigenvalue weighted by atomic mass is 35.5. The second-order valence-corrected chi connectivity index (χ2v) is 7.16. The number of ether oxygens (including phenoxy) is 1. The number of aliphatic hydroxyl groups is 1. The molecule has 7 nitrogen and oxygen atoms in total. The molecule has 152 valence electrons. The molecule has 1 aliphatic rings. The summed E-state index contributed by atoms with van der Waals surface area (Å²) in [6.45, 7) is -0.194. The number of hydrogen-bond acceptors (Lipinski definition) is 5. The van der Waals surface area contributed by atoms with Crippen molar-refractivity contribution in [3.8, 4) is 5.75 Å². The minimum Gasteiger partial charge on any atom is -0.489 e. The van der Waals surface area contributed by atoms with Gasteiger partial charge >= 0.3 is 0 Å². The van der Waals surface area contributed by atoms with E-state index in [0.717, 1.165) is 4.90 Å². The summed E-state index contributed by atoms with van der Waals surface area (Å²) in [7, 11) is 0.